The molecule has 0 radical (unpaired) electrons. The third kappa shape index (κ3) is 3.68. The van der Waals surface area contributed by atoms with Gasteiger partial charge in [-0.25, -0.2) is 8.42 Å². The molecular formula is C19H27NO4S. The lowest BCUT2D eigenvalue weighted by molar-refractivity contribution is -0.136. The molecule has 6 heteroatoms. The van der Waals surface area contributed by atoms with Gasteiger partial charge >= 0.3 is 0 Å². The maximum Gasteiger partial charge on any atom is 0.227 e. The number of hydrogen-bond acceptors (Lipinski definition) is 4. The highest BCUT2D eigenvalue weighted by Crippen LogP contribution is 2.60. The minimum absolute atomic E-state index is 0.0472. The van der Waals surface area contributed by atoms with Crippen molar-refractivity contribution in [3.63, 3.8) is 0 Å². The van der Waals surface area contributed by atoms with Gasteiger partial charge in [0, 0.05) is 6.04 Å². The number of sulfone groups is 1. The highest BCUT2D eigenvalue weighted by Gasteiger charge is 2.61. The zero-order valence-electron chi connectivity index (χ0n) is 15.4. The van der Waals surface area contributed by atoms with Crippen LogP contribution in [0.4, 0.5) is 0 Å². The van der Waals surface area contributed by atoms with Crippen LogP contribution in [0, 0.1) is 17.3 Å². The van der Waals surface area contributed by atoms with E-state index in [0.29, 0.717) is 18.7 Å². The molecular weight excluding hydrogens is 338 g/mol. The van der Waals surface area contributed by atoms with Crippen molar-refractivity contribution in [1.29, 1.82) is 0 Å². The van der Waals surface area contributed by atoms with Gasteiger partial charge in [-0.1, -0.05) is 25.5 Å². The second-order valence-corrected chi connectivity index (χ2v) is 10.4. The van der Waals surface area contributed by atoms with Crippen molar-refractivity contribution in [2.24, 2.45) is 17.3 Å². The Bertz CT molecular complexity index is 772. The molecule has 3 atom stereocenters. The van der Waals surface area contributed by atoms with Crippen molar-refractivity contribution < 1.29 is 17.6 Å². The van der Waals surface area contributed by atoms with Crippen LogP contribution in [0.2, 0.25) is 0 Å². The van der Waals surface area contributed by atoms with Crippen LogP contribution in [-0.2, 0) is 21.2 Å². The van der Waals surface area contributed by atoms with E-state index in [1.165, 1.54) is 5.57 Å². The van der Waals surface area contributed by atoms with Gasteiger partial charge in [-0.05, 0) is 43.7 Å². The lowest BCUT2D eigenvalue weighted by atomic mass is 10.1. The van der Waals surface area contributed by atoms with Gasteiger partial charge in [0.05, 0.1) is 30.2 Å². The van der Waals surface area contributed by atoms with Crippen LogP contribution in [0.25, 0.3) is 0 Å². The zero-order valence-corrected chi connectivity index (χ0v) is 16.2. The van der Waals surface area contributed by atoms with E-state index >= 15 is 0 Å². The molecule has 1 aliphatic heterocycles. The van der Waals surface area contributed by atoms with Gasteiger partial charge in [0.15, 0.2) is 9.84 Å². The molecule has 0 unspecified atom stereocenters. The minimum atomic E-state index is -3.06. The summed E-state index contributed by atoms with van der Waals surface area (Å²) in [5.41, 5.74) is 1.11. The molecule has 1 aromatic rings. The average Bonchev–Trinajstić information content (AvgIpc) is 2.93. The maximum absolute atomic E-state index is 13.3. The van der Waals surface area contributed by atoms with Crippen molar-refractivity contribution in [2.45, 2.75) is 46.7 Å². The summed E-state index contributed by atoms with van der Waals surface area (Å²) in [4.78, 5) is 15.0. The first-order chi connectivity index (χ1) is 11.6. The van der Waals surface area contributed by atoms with E-state index in [9.17, 15) is 13.2 Å². The smallest absolute Gasteiger partial charge is 0.227 e. The fourth-order valence-corrected chi connectivity index (χ4v) is 5.71. The molecule has 2 heterocycles. The van der Waals surface area contributed by atoms with E-state index < -0.39 is 9.84 Å². The second-order valence-electron chi connectivity index (χ2n) is 8.17. The number of furan rings is 1. The quantitative estimate of drug-likeness (QED) is 0.752. The Labute approximate surface area is 150 Å². The summed E-state index contributed by atoms with van der Waals surface area (Å²) in [5, 5.41) is 0. The summed E-state index contributed by atoms with van der Waals surface area (Å²) in [6.45, 7) is 8.63. The number of allylic oxidation sites excluding steroid dienone is 2. The summed E-state index contributed by atoms with van der Waals surface area (Å²) in [5.74, 6) is 1.06. The van der Waals surface area contributed by atoms with Crippen LogP contribution in [-0.4, -0.2) is 36.8 Å². The fourth-order valence-electron chi connectivity index (χ4n) is 3.98. The maximum atomic E-state index is 13.3. The van der Waals surface area contributed by atoms with Crippen molar-refractivity contribution in [2.75, 3.05) is 11.5 Å². The summed E-state index contributed by atoms with van der Waals surface area (Å²) in [6, 6.07) is 3.36. The lowest BCUT2D eigenvalue weighted by Gasteiger charge is -2.28. The van der Waals surface area contributed by atoms with Gasteiger partial charge in [-0.15, -0.1) is 0 Å². The van der Waals surface area contributed by atoms with Crippen molar-refractivity contribution >= 4 is 15.7 Å². The molecule has 1 aromatic heterocycles. The first-order valence-corrected chi connectivity index (χ1v) is 10.6. The monoisotopic (exact) mass is 365 g/mol. The topological polar surface area (TPSA) is 67.6 Å². The fraction of sp³-hybridized carbons (Fsp3) is 0.632. The van der Waals surface area contributed by atoms with Crippen molar-refractivity contribution in [1.82, 2.24) is 4.90 Å². The molecule has 0 bridgehead atoms. The normalized spacial score (nSPS) is 29.2. The van der Waals surface area contributed by atoms with E-state index in [2.05, 4.69) is 19.9 Å². The third-order valence-corrected chi connectivity index (χ3v) is 7.28. The van der Waals surface area contributed by atoms with E-state index in [1.54, 1.807) is 17.2 Å². The zero-order chi connectivity index (χ0) is 18.4. The molecule has 0 aromatic carbocycles. The van der Waals surface area contributed by atoms with Crippen LogP contribution in [0.3, 0.4) is 0 Å². The molecule has 1 saturated carbocycles. The van der Waals surface area contributed by atoms with Crippen molar-refractivity contribution in [3.05, 3.63) is 35.8 Å². The predicted molar refractivity (Wildman–Crippen MR) is 96.5 cm³/mol. The molecule has 25 heavy (non-hydrogen) atoms. The average molecular weight is 365 g/mol. The third-order valence-electron chi connectivity index (χ3n) is 5.53. The van der Waals surface area contributed by atoms with Crippen LogP contribution in [0.15, 0.2) is 34.5 Å². The largest absolute Gasteiger partial charge is 0.467 e. The van der Waals surface area contributed by atoms with Gasteiger partial charge in [-0.2, -0.15) is 0 Å². The molecule has 138 valence electrons. The highest BCUT2D eigenvalue weighted by molar-refractivity contribution is 7.91. The Balaban J connectivity index is 1.84. The lowest BCUT2D eigenvalue weighted by Crippen LogP contribution is -2.42. The number of carbonyl (C=O) groups is 1. The Morgan fingerprint density at radius 2 is 2.12 bits per heavy atom. The minimum Gasteiger partial charge on any atom is -0.467 e. The van der Waals surface area contributed by atoms with Crippen molar-refractivity contribution in [3.8, 4) is 0 Å². The van der Waals surface area contributed by atoms with Gasteiger partial charge < -0.3 is 9.32 Å². The molecule has 3 rings (SSSR count). The first-order valence-electron chi connectivity index (χ1n) is 8.80. The Kier molecular flexibility index (Phi) is 4.60. The number of rotatable bonds is 5. The predicted octanol–water partition coefficient (Wildman–Crippen LogP) is 3.03. The molecule has 2 aliphatic rings. The number of hydrogen-bond donors (Lipinski definition) is 0. The van der Waals surface area contributed by atoms with Crippen LogP contribution in [0.5, 0.6) is 0 Å². The van der Waals surface area contributed by atoms with E-state index in [1.807, 2.05) is 19.9 Å². The molecule has 0 N–H and O–H groups in total. The van der Waals surface area contributed by atoms with Gasteiger partial charge in [0.2, 0.25) is 5.91 Å². The Hall–Kier alpha value is -1.56. The molecule has 2 fully saturated rings. The molecule has 1 amide bonds. The Morgan fingerprint density at radius 3 is 2.64 bits per heavy atom. The SMILES string of the molecule is CC(C)=C[C@H]1[C@H](C(=O)N(Cc2ccco2)[C@@H]2CCS(=O)(=O)C2)C1(C)C. The first kappa shape index (κ1) is 18.2. The summed E-state index contributed by atoms with van der Waals surface area (Å²) >= 11 is 0. The van der Waals surface area contributed by atoms with Gasteiger partial charge in [-0.3, -0.25) is 4.79 Å². The van der Waals surface area contributed by atoms with E-state index in [-0.39, 0.29) is 40.7 Å². The van der Waals surface area contributed by atoms with Gasteiger partial charge in [0.25, 0.3) is 0 Å². The molecule has 0 spiro atoms. The molecule has 5 nitrogen and oxygen atoms in total. The number of amides is 1. The van der Waals surface area contributed by atoms with E-state index in [0.717, 1.165) is 0 Å². The van der Waals surface area contributed by atoms with Crippen LogP contribution in [0.1, 0.15) is 39.9 Å². The van der Waals surface area contributed by atoms with Gasteiger partial charge in [0.1, 0.15) is 5.76 Å². The highest BCUT2D eigenvalue weighted by atomic mass is 32.2. The number of carbonyl (C=O) groups excluding carboxylic acids is 1. The number of nitrogens with zero attached hydrogens (tertiary/aromatic N) is 1. The van der Waals surface area contributed by atoms with Crippen LogP contribution >= 0.6 is 0 Å². The summed E-state index contributed by atoms with van der Waals surface area (Å²) < 4.78 is 29.3. The Morgan fingerprint density at radius 1 is 1.40 bits per heavy atom. The van der Waals surface area contributed by atoms with E-state index in [4.69, 9.17) is 4.42 Å². The van der Waals surface area contributed by atoms with Crippen LogP contribution < -0.4 is 0 Å². The summed E-state index contributed by atoms with van der Waals surface area (Å²) in [6.07, 6.45) is 4.25. The summed E-state index contributed by atoms with van der Waals surface area (Å²) in [7, 11) is -3.06. The molecule has 1 aliphatic carbocycles. The molecule has 1 saturated heterocycles. The second kappa shape index (κ2) is 6.31. The standard InChI is InChI=1S/C19H27NO4S/c1-13(2)10-16-17(19(16,3)4)18(21)20(11-15-6-5-8-24-15)14-7-9-25(22,23)12-14/h5-6,8,10,14,16-17H,7,9,11-12H2,1-4H3/t14-,16+,17-/m1/s1.